The molecule has 1 aromatic carbocycles. The highest BCUT2D eigenvalue weighted by Crippen LogP contribution is 2.34. The first kappa shape index (κ1) is 9.87. The zero-order chi connectivity index (χ0) is 10.1. The molecule has 0 bridgehead atoms. The van der Waals surface area contributed by atoms with Crippen molar-refractivity contribution in [1.82, 2.24) is 4.42 Å². The summed E-state index contributed by atoms with van der Waals surface area (Å²) in [5.74, 6) is -0.803. The molecule has 1 aliphatic rings. The summed E-state index contributed by atoms with van der Waals surface area (Å²) in [5, 5.41) is 0. The molecule has 2 rings (SSSR count). The number of halogens is 3. The van der Waals surface area contributed by atoms with Crippen molar-refractivity contribution in [1.29, 1.82) is 0 Å². The Kier molecular flexibility index (Phi) is 2.70. The van der Waals surface area contributed by atoms with Gasteiger partial charge in [-0.1, -0.05) is 0 Å². The van der Waals surface area contributed by atoms with E-state index in [1.54, 1.807) is 0 Å². The van der Waals surface area contributed by atoms with Gasteiger partial charge in [-0.25, -0.2) is 13.2 Å². The number of benzene rings is 1. The molecular formula is C10H10ClF2N. The van der Waals surface area contributed by atoms with E-state index in [-0.39, 0.29) is 11.9 Å². The van der Waals surface area contributed by atoms with Crippen LogP contribution in [0.3, 0.4) is 0 Å². The molecular weight excluding hydrogens is 208 g/mol. The fourth-order valence-corrected chi connectivity index (χ4v) is 2.13. The molecule has 14 heavy (non-hydrogen) atoms. The van der Waals surface area contributed by atoms with Gasteiger partial charge >= 0.3 is 0 Å². The summed E-state index contributed by atoms with van der Waals surface area (Å²) in [4.78, 5) is 0. The minimum atomic E-state index is -0.418. The monoisotopic (exact) mass is 217 g/mol. The van der Waals surface area contributed by atoms with Gasteiger partial charge in [0.15, 0.2) is 0 Å². The Morgan fingerprint density at radius 2 is 2.14 bits per heavy atom. The predicted molar refractivity (Wildman–Crippen MR) is 50.9 cm³/mol. The smallest absolute Gasteiger partial charge is 0.128 e. The third-order valence-electron chi connectivity index (χ3n) is 2.50. The van der Waals surface area contributed by atoms with Crippen LogP contribution in [-0.2, 0) is 0 Å². The SMILES string of the molecule is Fc1ccc(F)c([C@H]2CCCN2Cl)c1. The second-order valence-corrected chi connectivity index (χ2v) is 3.88. The van der Waals surface area contributed by atoms with Gasteiger partial charge in [-0.2, -0.15) is 0 Å². The Balaban J connectivity index is 2.34. The summed E-state index contributed by atoms with van der Waals surface area (Å²) in [6, 6.07) is 3.30. The normalized spacial score (nSPS) is 22.9. The van der Waals surface area contributed by atoms with E-state index in [2.05, 4.69) is 0 Å². The van der Waals surface area contributed by atoms with Crippen LogP contribution in [0.15, 0.2) is 18.2 Å². The second kappa shape index (κ2) is 3.83. The third kappa shape index (κ3) is 1.74. The average molecular weight is 218 g/mol. The predicted octanol–water partition coefficient (Wildman–Crippen LogP) is 3.26. The summed E-state index contributed by atoms with van der Waals surface area (Å²) in [6.07, 6.45) is 1.70. The number of hydrogen-bond acceptors (Lipinski definition) is 1. The maximum Gasteiger partial charge on any atom is 0.128 e. The van der Waals surface area contributed by atoms with Gasteiger partial charge in [0, 0.05) is 12.1 Å². The third-order valence-corrected chi connectivity index (χ3v) is 2.91. The van der Waals surface area contributed by atoms with E-state index in [4.69, 9.17) is 11.8 Å². The van der Waals surface area contributed by atoms with Gasteiger partial charge in [-0.3, -0.25) is 0 Å². The van der Waals surface area contributed by atoms with Crippen LogP contribution < -0.4 is 0 Å². The van der Waals surface area contributed by atoms with Crippen LogP contribution in [0.5, 0.6) is 0 Å². The lowest BCUT2D eigenvalue weighted by atomic mass is 10.0. The number of hydrogen-bond donors (Lipinski definition) is 0. The topological polar surface area (TPSA) is 3.24 Å². The van der Waals surface area contributed by atoms with Crippen LogP contribution in [-0.4, -0.2) is 11.0 Å². The lowest BCUT2D eigenvalue weighted by Gasteiger charge is -2.17. The van der Waals surface area contributed by atoms with Gasteiger partial charge < -0.3 is 0 Å². The molecule has 1 saturated heterocycles. The molecule has 1 nitrogen and oxygen atoms in total. The lowest BCUT2D eigenvalue weighted by Crippen LogP contribution is -2.13. The van der Waals surface area contributed by atoms with Gasteiger partial charge in [0.05, 0.1) is 6.04 Å². The quantitative estimate of drug-likeness (QED) is 0.653. The van der Waals surface area contributed by atoms with E-state index in [1.165, 1.54) is 10.5 Å². The second-order valence-electron chi connectivity index (χ2n) is 3.45. The highest BCUT2D eigenvalue weighted by Gasteiger charge is 2.27. The molecule has 1 atom stereocenters. The molecule has 0 aromatic heterocycles. The van der Waals surface area contributed by atoms with E-state index in [1.807, 2.05) is 0 Å². The van der Waals surface area contributed by atoms with Gasteiger partial charge in [0.1, 0.15) is 11.6 Å². The summed E-state index contributed by atoms with van der Waals surface area (Å²) >= 11 is 5.88. The van der Waals surface area contributed by atoms with Crippen LogP contribution in [0.25, 0.3) is 0 Å². The largest absolute Gasteiger partial charge is 0.213 e. The van der Waals surface area contributed by atoms with E-state index in [0.717, 1.165) is 31.5 Å². The molecule has 1 heterocycles. The van der Waals surface area contributed by atoms with E-state index in [9.17, 15) is 8.78 Å². The Hall–Kier alpha value is -0.670. The van der Waals surface area contributed by atoms with Gasteiger partial charge in [0.25, 0.3) is 0 Å². The van der Waals surface area contributed by atoms with Crippen LogP contribution in [0, 0.1) is 11.6 Å². The molecule has 76 valence electrons. The van der Waals surface area contributed by atoms with Gasteiger partial charge in [0.2, 0.25) is 0 Å². The van der Waals surface area contributed by atoms with Crippen molar-refractivity contribution in [2.75, 3.05) is 6.54 Å². The molecule has 1 aromatic rings. The zero-order valence-electron chi connectivity index (χ0n) is 7.51. The number of rotatable bonds is 1. The Morgan fingerprint density at radius 3 is 2.79 bits per heavy atom. The van der Waals surface area contributed by atoms with E-state index >= 15 is 0 Å². The van der Waals surface area contributed by atoms with Crippen molar-refractivity contribution < 1.29 is 8.78 Å². The first-order valence-electron chi connectivity index (χ1n) is 4.56. The fourth-order valence-electron chi connectivity index (χ4n) is 1.81. The van der Waals surface area contributed by atoms with Gasteiger partial charge in [-0.05, 0) is 42.8 Å². The molecule has 0 saturated carbocycles. The standard InChI is InChI=1S/C10H10ClF2N/c11-14-5-1-2-10(14)8-6-7(12)3-4-9(8)13/h3-4,6,10H,1-2,5H2/t10-/m1/s1. The molecule has 0 amide bonds. The van der Waals surface area contributed by atoms with Crippen molar-refractivity contribution in [3.63, 3.8) is 0 Å². The fraction of sp³-hybridized carbons (Fsp3) is 0.400. The van der Waals surface area contributed by atoms with Crippen molar-refractivity contribution in [2.45, 2.75) is 18.9 Å². The van der Waals surface area contributed by atoms with Crippen molar-refractivity contribution in [2.24, 2.45) is 0 Å². The molecule has 0 radical (unpaired) electrons. The minimum absolute atomic E-state index is 0.188. The minimum Gasteiger partial charge on any atom is -0.213 e. The lowest BCUT2D eigenvalue weighted by molar-refractivity contribution is 0.416. The molecule has 0 aliphatic carbocycles. The van der Waals surface area contributed by atoms with Crippen LogP contribution in [0.4, 0.5) is 8.78 Å². The van der Waals surface area contributed by atoms with E-state index < -0.39 is 5.82 Å². The summed E-state index contributed by atoms with van der Waals surface area (Å²) < 4.78 is 27.8. The van der Waals surface area contributed by atoms with Crippen molar-refractivity contribution >= 4 is 11.8 Å². The number of nitrogens with zero attached hydrogens (tertiary/aromatic N) is 1. The Bertz CT molecular complexity index is 343. The van der Waals surface area contributed by atoms with Crippen LogP contribution in [0.1, 0.15) is 24.4 Å². The van der Waals surface area contributed by atoms with Gasteiger partial charge in [-0.15, -0.1) is 0 Å². The summed E-state index contributed by atoms with van der Waals surface area (Å²) in [7, 11) is 0. The first-order valence-corrected chi connectivity index (χ1v) is 4.89. The molecule has 0 N–H and O–H groups in total. The Labute approximate surface area is 86.4 Å². The van der Waals surface area contributed by atoms with Crippen LogP contribution in [0.2, 0.25) is 0 Å². The molecule has 4 heteroatoms. The molecule has 1 fully saturated rings. The molecule has 0 spiro atoms. The summed E-state index contributed by atoms with van der Waals surface area (Å²) in [5.41, 5.74) is 0.359. The molecule has 0 unspecified atom stereocenters. The van der Waals surface area contributed by atoms with E-state index in [0.29, 0.717) is 5.56 Å². The summed E-state index contributed by atoms with van der Waals surface area (Å²) in [6.45, 7) is 0.724. The Morgan fingerprint density at radius 1 is 1.36 bits per heavy atom. The van der Waals surface area contributed by atoms with Crippen LogP contribution >= 0.6 is 11.8 Å². The van der Waals surface area contributed by atoms with Crippen molar-refractivity contribution in [3.05, 3.63) is 35.4 Å². The first-order chi connectivity index (χ1) is 6.68. The maximum absolute atomic E-state index is 13.3. The average Bonchev–Trinajstić information content (AvgIpc) is 2.56. The van der Waals surface area contributed by atoms with Crippen molar-refractivity contribution in [3.8, 4) is 0 Å². The maximum atomic E-state index is 13.3. The highest BCUT2D eigenvalue weighted by atomic mass is 35.5. The zero-order valence-corrected chi connectivity index (χ0v) is 8.27. The highest BCUT2D eigenvalue weighted by molar-refractivity contribution is 6.13. The molecule has 1 aliphatic heterocycles.